The van der Waals surface area contributed by atoms with Crippen LogP contribution in [0.2, 0.25) is 0 Å². The van der Waals surface area contributed by atoms with Crippen LogP contribution in [0.3, 0.4) is 0 Å². The lowest BCUT2D eigenvalue weighted by molar-refractivity contribution is 0.727. The standard InChI is InChI=1S/C23H23N5OS/c1-2-17-11-12-20(30-17)18-13-19(24-23(29)21(18)22-25-27-28-26-22)16-9-7-15(8-10-16)6-5-14-3-4-14/h7-14H,2-6H2,1H3,(H,24,29)(H,25,26,27,28). The molecule has 4 aromatic rings. The SMILES string of the molecule is CCc1ccc(-c2cc(-c3ccc(CCC4CC4)cc3)[nH]c(=O)c2-c2nn[nH]n2)s1. The molecule has 0 aliphatic heterocycles. The van der Waals surface area contributed by atoms with Crippen molar-refractivity contribution in [1.29, 1.82) is 0 Å². The molecule has 6 nitrogen and oxygen atoms in total. The second-order valence-corrected chi connectivity index (χ2v) is 9.00. The molecule has 1 saturated carbocycles. The molecule has 1 aromatic carbocycles. The molecule has 0 unspecified atom stereocenters. The second-order valence-electron chi connectivity index (χ2n) is 7.83. The first-order valence-corrected chi connectivity index (χ1v) is 11.2. The molecular formula is C23H23N5OS. The number of H-pyrrole nitrogens is 2. The van der Waals surface area contributed by atoms with Gasteiger partial charge in [0.1, 0.15) is 0 Å². The van der Waals surface area contributed by atoms with Crippen molar-refractivity contribution in [2.75, 3.05) is 0 Å². The molecule has 5 rings (SSSR count). The lowest BCUT2D eigenvalue weighted by Crippen LogP contribution is -2.12. The maximum atomic E-state index is 13.1. The molecule has 3 heterocycles. The topological polar surface area (TPSA) is 87.3 Å². The van der Waals surface area contributed by atoms with Gasteiger partial charge in [0.25, 0.3) is 5.56 Å². The molecule has 1 fully saturated rings. The third-order valence-electron chi connectivity index (χ3n) is 5.68. The van der Waals surface area contributed by atoms with Crippen molar-refractivity contribution in [3.63, 3.8) is 0 Å². The molecule has 30 heavy (non-hydrogen) atoms. The monoisotopic (exact) mass is 417 g/mol. The van der Waals surface area contributed by atoms with Crippen LogP contribution in [-0.2, 0) is 12.8 Å². The van der Waals surface area contributed by atoms with Gasteiger partial charge in [-0.1, -0.05) is 44.0 Å². The molecular weight excluding hydrogens is 394 g/mol. The molecule has 152 valence electrons. The van der Waals surface area contributed by atoms with Crippen molar-refractivity contribution in [2.45, 2.75) is 39.0 Å². The Balaban J connectivity index is 1.55. The summed E-state index contributed by atoms with van der Waals surface area (Å²) in [6.07, 6.45) is 6.13. The van der Waals surface area contributed by atoms with Crippen LogP contribution in [0.4, 0.5) is 0 Å². The number of hydrogen-bond donors (Lipinski definition) is 2. The number of pyridine rings is 1. The van der Waals surface area contributed by atoms with E-state index in [4.69, 9.17) is 0 Å². The Morgan fingerprint density at radius 1 is 1.13 bits per heavy atom. The van der Waals surface area contributed by atoms with E-state index in [-0.39, 0.29) is 5.56 Å². The van der Waals surface area contributed by atoms with Gasteiger partial charge in [-0.3, -0.25) is 4.79 Å². The van der Waals surface area contributed by atoms with Crippen LogP contribution in [0.5, 0.6) is 0 Å². The van der Waals surface area contributed by atoms with Crippen LogP contribution >= 0.6 is 11.3 Å². The van der Waals surface area contributed by atoms with E-state index in [0.29, 0.717) is 11.4 Å². The molecule has 0 atom stereocenters. The Bertz CT molecular complexity index is 1200. The summed E-state index contributed by atoms with van der Waals surface area (Å²) in [4.78, 5) is 18.4. The van der Waals surface area contributed by atoms with Crippen molar-refractivity contribution >= 4 is 11.3 Å². The van der Waals surface area contributed by atoms with Gasteiger partial charge in [0, 0.05) is 21.0 Å². The van der Waals surface area contributed by atoms with Crippen molar-refractivity contribution in [1.82, 2.24) is 25.6 Å². The summed E-state index contributed by atoms with van der Waals surface area (Å²) in [7, 11) is 0. The van der Waals surface area contributed by atoms with Gasteiger partial charge in [-0.25, -0.2) is 0 Å². The summed E-state index contributed by atoms with van der Waals surface area (Å²) in [6.45, 7) is 2.13. The molecule has 0 saturated heterocycles. The first kappa shape index (κ1) is 18.9. The molecule has 0 spiro atoms. The average Bonchev–Trinajstić information content (AvgIpc) is 3.23. The molecule has 1 aliphatic rings. The minimum absolute atomic E-state index is 0.215. The first-order valence-electron chi connectivity index (χ1n) is 10.4. The van der Waals surface area contributed by atoms with Gasteiger partial charge in [0.05, 0.1) is 5.56 Å². The lowest BCUT2D eigenvalue weighted by Gasteiger charge is -2.09. The highest BCUT2D eigenvalue weighted by atomic mass is 32.1. The zero-order valence-corrected chi connectivity index (χ0v) is 17.6. The Labute approximate surface area is 178 Å². The summed E-state index contributed by atoms with van der Waals surface area (Å²) in [6, 6.07) is 14.7. The zero-order chi connectivity index (χ0) is 20.5. The maximum Gasteiger partial charge on any atom is 0.260 e. The van der Waals surface area contributed by atoms with E-state index in [2.05, 4.69) is 68.9 Å². The lowest BCUT2D eigenvalue weighted by atomic mass is 10.0. The van der Waals surface area contributed by atoms with Crippen LogP contribution < -0.4 is 5.56 Å². The third kappa shape index (κ3) is 3.85. The van der Waals surface area contributed by atoms with Gasteiger partial charge in [-0.05, 0) is 59.7 Å². The Morgan fingerprint density at radius 3 is 2.63 bits per heavy atom. The minimum Gasteiger partial charge on any atom is -0.321 e. The number of nitrogens with one attached hydrogen (secondary N) is 2. The summed E-state index contributed by atoms with van der Waals surface area (Å²) in [5.74, 6) is 1.24. The Morgan fingerprint density at radius 2 is 1.97 bits per heavy atom. The van der Waals surface area contributed by atoms with Crippen LogP contribution in [-0.4, -0.2) is 25.6 Å². The molecule has 2 N–H and O–H groups in total. The Kier molecular flexibility index (Phi) is 5.04. The fourth-order valence-corrected chi connectivity index (χ4v) is 4.71. The predicted molar refractivity (Wildman–Crippen MR) is 119 cm³/mol. The number of aromatic nitrogens is 5. The molecule has 0 radical (unpaired) electrons. The number of nitrogens with zero attached hydrogens (tertiary/aromatic N) is 3. The molecule has 0 amide bonds. The van der Waals surface area contributed by atoms with Crippen molar-refractivity contribution in [3.05, 3.63) is 63.3 Å². The van der Waals surface area contributed by atoms with E-state index < -0.39 is 0 Å². The average molecular weight is 418 g/mol. The van der Waals surface area contributed by atoms with E-state index in [1.165, 1.54) is 29.7 Å². The van der Waals surface area contributed by atoms with Gasteiger partial charge in [-0.15, -0.1) is 21.5 Å². The number of thiophene rings is 1. The molecule has 3 aromatic heterocycles. The molecule has 1 aliphatic carbocycles. The van der Waals surface area contributed by atoms with E-state index in [1.54, 1.807) is 11.3 Å². The zero-order valence-electron chi connectivity index (χ0n) is 16.8. The number of benzene rings is 1. The summed E-state index contributed by atoms with van der Waals surface area (Å²) in [5.41, 5.74) is 4.20. The summed E-state index contributed by atoms with van der Waals surface area (Å²) < 4.78 is 0. The fraction of sp³-hybridized carbons (Fsp3) is 0.304. The normalized spacial score (nSPS) is 13.6. The molecule has 7 heteroatoms. The van der Waals surface area contributed by atoms with Crippen molar-refractivity contribution in [3.8, 4) is 33.1 Å². The van der Waals surface area contributed by atoms with Gasteiger partial charge < -0.3 is 4.98 Å². The van der Waals surface area contributed by atoms with E-state index >= 15 is 0 Å². The smallest absolute Gasteiger partial charge is 0.260 e. The summed E-state index contributed by atoms with van der Waals surface area (Å²) >= 11 is 1.69. The van der Waals surface area contributed by atoms with Gasteiger partial charge in [-0.2, -0.15) is 5.21 Å². The second kappa shape index (κ2) is 7.99. The highest BCUT2D eigenvalue weighted by molar-refractivity contribution is 7.15. The maximum absolute atomic E-state index is 13.1. The fourth-order valence-electron chi connectivity index (χ4n) is 3.74. The largest absolute Gasteiger partial charge is 0.321 e. The highest BCUT2D eigenvalue weighted by Gasteiger charge is 2.21. The predicted octanol–water partition coefficient (Wildman–Crippen LogP) is 4.86. The highest BCUT2D eigenvalue weighted by Crippen LogP contribution is 2.36. The van der Waals surface area contributed by atoms with Crippen molar-refractivity contribution in [2.24, 2.45) is 5.92 Å². The number of rotatable bonds is 7. The number of aryl methyl sites for hydroxylation is 2. The number of hydrogen-bond acceptors (Lipinski definition) is 5. The first-order chi connectivity index (χ1) is 14.7. The van der Waals surface area contributed by atoms with Crippen molar-refractivity contribution < 1.29 is 0 Å². The van der Waals surface area contributed by atoms with Gasteiger partial charge in [0.2, 0.25) is 5.82 Å². The van der Waals surface area contributed by atoms with E-state index in [1.807, 2.05) is 6.07 Å². The number of aromatic amines is 2. The van der Waals surface area contributed by atoms with Gasteiger partial charge >= 0.3 is 0 Å². The van der Waals surface area contributed by atoms with Crippen LogP contribution in [0.25, 0.3) is 33.1 Å². The van der Waals surface area contributed by atoms with Gasteiger partial charge in [0.15, 0.2) is 0 Å². The van der Waals surface area contributed by atoms with Crippen LogP contribution in [0, 0.1) is 5.92 Å². The number of tetrazole rings is 1. The minimum atomic E-state index is -0.215. The van der Waals surface area contributed by atoms with Crippen LogP contribution in [0.15, 0.2) is 47.3 Å². The third-order valence-corrected chi connectivity index (χ3v) is 6.94. The van der Waals surface area contributed by atoms with E-state index in [0.717, 1.165) is 40.5 Å². The quantitative estimate of drug-likeness (QED) is 0.450. The Hall–Kier alpha value is -3.06. The summed E-state index contributed by atoms with van der Waals surface area (Å²) in [5, 5.41) is 14.2. The molecule has 0 bridgehead atoms. The van der Waals surface area contributed by atoms with E-state index in [9.17, 15) is 4.79 Å². The van der Waals surface area contributed by atoms with Crippen LogP contribution in [0.1, 0.15) is 36.6 Å².